The van der Waals surface area contributed by atoms with Gasteiger partial charge in [-0.25, -0.2) is 9.59 Å². The fourth-order valence-electron chi connectivity index (χ4n) is 2.46. The van der Waals surface area contributed by atoms with E-state index in [1.807, 2.05) is 22.6 Å². The summed E-state index contributed by atoms with van der Waals surface area (Å²) >= 11 is 1.99. The summed E-state index contributed by atoms with van der Waals surface area (Å²) in [5.74, 6) is -1.75. The normalized spacial score (nSPS) is 13.1. The van der Waals surface area contributed by atoms with Crippen molar-refractivity contribution < 1.29 is 28.7 Å². The third kappa shape index (κ3) is 8.72. The number of amides is 3. The van der Waals surface area contributed by atoms with Gasteiger partial charge in [0, 0.05) is 9.26 Å². The van der Waals surface area contributed by atoms with Gasteiger partial charge in [-0.05, 0) is 74.4 Å². The van der Waals surface area contributed by atoms with Gasteiger partial charge in [-0.15, -0.1) is 0 Å². The van der Waals surface area contributed by atoms with Crippen molar-refractivity contribution in [1.82, 2.24) is 10.6 Å². The van der Waals surface area contributed by atoms with Gasteiger partial charge in [-0.1, -0.05) is 13.8 Å². The quantitative estimate of drug-likeness (QED) is 0.356. The maximum absolute atomic E-state index is 12.7. The first-order valence-electron chi connectivity index (χ1n) is 9.73. The highest BCUT2D eigenvalue weighted by Gasteiger charge is 2.29. The number of anilines is 1. The Labute approximate surface area is 196 Å². The summed E-state index contributed by atoms with van der Waals surface area (Å²) < 4.78 is 10.6. The minimum absolute atomic E-state index is 0.235. The second-order valence-corrected chi connectivity index (χ2v) is 9.44. The van der Waals surface area contributed by atoms with Gasteiger partial charge < -0.3 is 25.4 Å². The van der Waals surface area contributed by atoms with Crippen LogP contribution in [-0.4, -0.2) is 48.7 Å². The van der Waals surface area contributed by atoms with Crippen molar-refractivity contribution in [3.05, 3.63) is 27.3 Å². The van der Waals surface area contributed by atoms with Gasteiger partial charge in [0.15, 0.2) is 0 Å². The molecule has 0 radical (unpaired) electrons. The zero-order valence-corrected chi connectivity index (χ0v) is 20.9. The number of rotatable bonds is 7. The SMILES string of the molecule is COC(=O)c1cc(NC(=O)[C@H](C)NC(=O)[C@@H](NC(=O)OC(C)(C)C)C(C)C)ccc1I. The Morgan fingerprint density at radius 2 is 1.61 bits per heavy atom. The van der Waals surface area contributed by atoms with Crippen LogP contribution in [0.4, 0.5) is 10.5 Å². The maximum atomic E-state index is 12.7. The number of esters is 1. The molecular weight excluding hydrogens is 517 g/mol. The molecule has 1 aromatic rings. The Bertz CT molecular complexity index is 835. The molecule has 0 bridgehead atoms. The highest BCUT2D eigenvalue weighted by atomic mass is 127. The summed E-state index contributed by atoms with van der Waals surface area (Å²) in [4.78, 5) is 49.1. The predicted octanol–water partition coefficient (Wildman–Crippen LogP) is 3.07. The minimum Gasteiger partial charge on any atom is -0.465 e. The second kappa shape index (κ2) is 11.3. The molecule has 0 unspecified atom stereocenters. The molecule has 10 heteroatoms. The molecule has 1 aromatic carbocycles. The van der Waals surface area contributed by atoms with Crippen LogP contribution in [0.3, 0.4) is 0 Å². The van der Waals surface area contributed by atoms with Gasteiger partial charge in [0.1, 0.15) is 17.7 Å². The van der Waals surface area contributed by atoms with Gasteiger partial charge in [-0.3, -0.25) is 9.59 Å². The van der Waals surface area contributed by atoms with E-state index in [0.29, 0.717) is 14.8 Å². The Kier molecular flexibility index (Phi) is 9.72. The summed E-state index contributed by atoms with van der Waals surface area (Å²) in [5, 5.41) is 7.79. The van der Waals surface area contributed by atoms with E-state index in [0.717, 1.165) is 0 Å². The van der Waals surface area contributed by atoms with Crippen LogP contribution in [0.5, 0.6) is 0 Å². The van der Waals surface area contributed by atoms with Gasteiger partial charge in [-0.2, -0.15) is 0 Å². The van der Waals surface area contributed by atoms with Crippen molar-refractivity contribution in [2.75, 3.05) is 12.4 Å². The van der Waals surface area contributed by atoms with Crippen molar-refractivity contribution in [3.8, 4) is 0 Å². The monoisotopic (exact) mass is 547 g/mol. The van der Waals surface area contributed by atoms with E-state index in [9.17, 15) is 19.2 Å². The molecule has 0 spiro atoms. The third-order valence-electron chi connectivity index (χ3n) is 4.01. The van der Waals surface area contributed by atoms with Crippen molar-refractivity contribution in [1.29, 1.82) is 0 Å². The number of methoxy groups -OCH3 is 1. The Hall–Kier alpha value is -2.37. The molecule has 0 aliphatic heterocycles. The third-order valence-corrected chi connectivity index (χ3v) is 4.95. The van der Waals surface area contributed by atoms with Crippen LogP contribution in [0.1, 0.15) is 51.9 Å². The molecule has 0 aromatic heterocycles. The Morgan fingerprint density at radius 1 is 1.00 bits per heavy atom. The standard InChI is InChI=1S/C21H30IN3O6/c1-11(2)16(25-20(29)31-21(4,5)6)18(27)23-12(3)17(26)24-13-8-9-15(22)14(10-13)19(28)30-7/h8-12,16H,1-7H3,(H,23,27)(H,24,26)(H,25,29)/t12-,16-/m0/s1. The van der Waals surface area contributed by atoms with Crippen molar-refractivity contribution in [2.45, 2.75) is 59.2 Å². The summed E-state index contributed by atoms with van der Waals surface area (Å²) in [5.41, 5.74) is 0.00413. The molecule has 9 nitrogen and oxygen atoms in total. The van der Waals surface area contributed by atoms with E-state index in [1.54, 1.807) is 46.8 Å². The van der Waals surface area contributed by atoms with Crippen molar-refractivity contribution in [3.63, 3.8) is 0 Å². The molecule has 0 saturated carbocycles. The molecular formula is C21H30IN3O6. The first-order valence-corrected chi connectivity index (χ1v) is 10.8. The van der Waals surface area contributed by atoms with E-state index in [4.69, 9.17) is 9.47 Å². The van der Waals surface area contributed by atoms with E-state index < -0.39 is 41.6 Å². The number of carbonyl (C=O) groups is 4. The van der Waals surface area contributed by atoms with Crippen LogP contribution < -0.4 is 16.0 Å². The average Bonchev–Trinajstić information content (AvgIpc) is 2.65. The smallest absolute Gasteiger partial charge is 0.408 e. The molecule has 3 amide bonds. The zero-order valence-electron chi connectivity index (χ0n) is 18.8. The average molecular weight is 547 g/mol. The molecule has 31 heavy (non-hydrogen) atoms. The van der Waals surface area contributed by atoms with Crippen LogP contribution in [0.2, 0.25) is 0 Å². The Morgan fingerprint density at radius 3 is 2.13 bits per heavy atom. The topological polar surface area (TPSA) is 123 Å². The molecule has 2 atom stereocenters. The molecule has 172 valence electrons. The van der Waals surface area contributed by atoms with E-state index >= 15 is 0 Å². The fourth-order valence-corrected chi connectivity index (χ4v) is 3.01. The lowest BCUT2D eigenvalue weighted by molar-refractivity contribution is -0.128. The lowest BCUT2D eigenvalue weighted by Gasteiger charge is -2.26. The number of hydrogen-bond donors (Lipinski definition) is 3. The van der Waals surface area contributed by atoms with Gasteiger partial charge in [0.05, 0.1) is 12.7 Å². The summed E-state index contributed by atoms with van der Waals surface area (Å²) in [6, 6.07) is 3.04. The number of benzene rings is 1. The van der Waals surface area contributed by atoms with Gasteiger partial charge >= 0.3 is 12.1 Å². The number of hydrogen-bond acceptors (Lipinski definition) is 6. The fraction of sp³-hybridized carbons (Fsp3) is 0.524. The minimum atomic E-state index is -0.893. The number of nitrogens with one attached hydrogen (secondary N) is 3. The zero-order chi connectivity index (χ0) is 23.9. The molecule has 3 N–H and O–H groups in total. The van der Waals surface area contributed by atoms with Crippen LogP contribution >= 0.6 is 22.6 Å². The number of halogens is 1. The largest absolute Gasteiger partial charge is 0.465 e. The van der Waals surface area contributed by atoms with E-state index in [-0.39, 0.29) is 5.92 Å². The molecule has 1 rings (SSSR count). The number of ether oxygens (including phenoxy) is 2. The van der Waals surface area contributed by atoms with E-state index in [2.05, 4.69) is 16.0 Å². The van der Waals surface area contributed by atoms with Crippen molar-refractivity contribution >= 4 is 52.2 Å². The first kappa shape index (κ1) is 26.7. The highest BCUT2D eigenvalue weighted by molar-refractivity contribution is 14.1. The molecule has 0 saturated heterocycles. The maximum Gasteiger partial charge on any atom is 0.408 e. The molecule has 0 aliphatic rings. The predicted molar refractivity (Wildman–Crippen MR) is 125 cm³/mol. The van der Waals surface area contributed by atoms with Crippen LogP contribution in [-0.2, 0) is 19.1 Å². The summed E-state index contributed by atoms with van der Waals surface area (Å²) in [6.45, 7) is 10.2. The van der Waals surface area contributed by atoms with Crippen molar-refractivity contribution in [2.24, 2.45) is 5.92 Å². The first-order chi connectivity index (χ1) is 14.2. The number of carbonyl (C=O) groups excluding carboxylic acids is 4. The molecule has 0 heterocycles. The van der Waals surface area contributed by atoms with E-state index in [1.165, 1.54) is 20.1 Å². The Balaban J connectivity index is 2.80. The molecule has 0 fully saturated rings. The lowest BCUT2D eigenvalue weighted by atomic mass is 10.0. The lowest BCUT2D eigenvalue weighted by Crippen LogP contribution is -2.54. The van der Waals surface area contributed by atoms with Crippen LogP contribution in [0.25, 0.3) is 0 Å². The van der Waals surface area contributed by atoms with Gasteiger partial charge in [0.25, 0.3) is 0 Å². The molecule has 0 aliphatic carbocycles. The highest BCUT2D eigenvalue weighted by Crippen LogP contribution is 2.19. The summed E-state index contributed by atoms with van der Waals surface area (Å²) in [7, 11) is 1.28. The number of alkyl carbamates (subject to hydrolysis) is 1. The van der Waals surface area contributed by atoms with Crippen LogP contribution in [0, 0.1) is 9.49 Å². The van der Waals surface area contributed by atoms with Gasteiger partial charge in [0.2, 0.25) is 11.8 Å². The summed E-state index contributed by atoms with van der Waals surface area (Å²) in [6.07, 6.45) is -0.715. The second-order valence-electron chi connectivity index (χ2n) is 8.27. The van der Waals surface area contributed by atoms with Crippen LogP contribution in [0.15, 0.2) is 18.2 Å².